The van der Waals surface area contributed by atoms with Crippen molar-refractivity contribution in [1.29, 1.82) is 0 Å². The number of likely N-dealkylation sites (N-methyl/N-ethyl adjacent to an activating group) is 2. The van der Waals surface area contributed by atoms with Gasteiger partial charge in [0.15, 0.2) is 0 Å². The standard InChI is InChI=1S/C10H24N2O/c1-6-12(7-9(2)11-4)10(3)8-13-5/h9-11H,6-8H2,1-5H3. The topological polar surface area (TPSA) is 24.5 Å². The predicted octanol–water partition coefficient (Wildman–Crippen LogP) is 0.951. The second-order valence-electron chi connectivity index (χ2n) is 3.58. The molecule has 0 saturated heterocycles. The molecule has 2 atom stereocenters. The van der Waals surface area contributed by atoms with E-state index in [0.717, 1.165) is 19.7 Å². The molecule has 0 amide bonds. The van der Waals surface area contributed by atoms with Gasteiger partial charge in [-0.15, -0.1) is 0 Å². The fourth-order valence-corrected chi connectivity index (χ4v) is 1.41. The highest BCUT2D eigenvalue weighted by molar-refractivity contribution is 4.70. The van der Waals surface area contributed by atoms with Gasteiger partial charge in [0, 0.05) is 25.7 Å². The van der Waals surface area contributed by atoms with Gasteiger partial charge in [-0.1, -0.05) is 6.92 Å². The van der Waals surface area contributed by atoms with Crippen molar-refractivity contribution in [1.82, 2.24) is 10.2 Å². The Labute approximate surface area is 82.4 Å². The van der Waals surface area contributed by atoms with Crippen LogP contribution in [-0.2, 0) is 4.74 Å². The van der Waals surface area contributed by atoms with Gasteiger partial charge in [-0.2, -0.15) is 0 Å². The van der Waals surface area contributed by atoms with Gasteiger partial charge in [-0.05, 0) is 27.4 Å². The highest BCUT2D eigenvalue weighted by Gasteiger charge is 2.13. The first kappa shape index (κ1) is 12.9. The maximum Gasteiger partial charge on any atom is 0.0615 e. The van der Waals surface area contributed by atoms with E-state index < -0.39 is 0 Å². The third kappa shape index (κ3) is 5.24. The lowest BCUT2D eigenvalue weighted by Gasteiger charge is -2.29. The predicted molar refractivity (Wildman–Crippen MR) is 57.1 cm³/mol. The number of nitrogens with zero attached hydrogens (tertiary/aromatic N) is 1. The molecule has 80 valence electrons. The average molecular weight is 188 g/mol. The van der Waals surface area contributed by atoms with Gasteiger partial charge in [-0.25, -0.2) is 0 Å². The summed E-state index contributed by atoms with van der Waals surface area (Å²) in [6, 6.07) is 1.05. The van der Waals surface area contributed by atoms with Gasteiger partial charge in [0.05, 0.1) is 6.61 Å². The van der Waals surface area contributed by atoms with E-state index in [2.05, 4.69) is 31.0 Å². The minimum Gasteiger partial charge on any atom is -0.383 e. The van der Waals surface area contributed by atoms with Crippen LogP contribution in [0.2, 0.25) is 0 Å². The Morgan fingerprint density at radius 1 is 1.38 bits per heavy atom. The molecule has 0 spiro atoms. The fraction of sp³-hybridized carbons (Fsp3) is 1.00. The van der Waals surface area contributed by atoms with Gasteiger partial charge in [0.25, 0.3) is 0 Å². The van der Waals surface area contributed by atoms with Crippen molar-refractivity contribution < 1.29 is 4.74 Å². The minimum atomic E-state index is 0.505. The molecule has 3 heteroatoms. The van der Waals surface area contributed by atoms with E-state index in [4.69, 9.17) is 4.74 Å². The molecule has 0 aromatic heterocycles. The van der Waals surface area contributed by atoms with E-state index in [1.165, 1.54) is 0 Å². The highest BCUT2D eigenvalue weighted by atomic mass is 16.5. The van der Waals surface area contributed by atoms with Crippen LogP contribution in [0.3, 0.4) is 0 Å². The summed E-state index contributed by atoms with van der Waals surface area (Å²) < 4.78 is 5.14. The molecule has 1 N–H and O–H groups in total. The van der Waals surface area contributed by atoms with E-state index >= 15 is 0 Å². The molecular formula is C10H24N2O. The molecule has 0 rings (SSSR count). The Bertz CT molecular complexity index is 119. The Morgan fingerprint density at radius 3 is 2.38 bits per heavy atom. The van der Waals surface area contributed by atoms with Crippen LogP contribution in [0.1, 0.15) is 20.8 Å². The molecule has 13 heavy (non-hydrogen) atoms. The van der Waals surface area contributed by atoms with Crippen LogP contribution in [0.5, 0.6) is 0 Å². The van der Waals surface area contributed by atoms with Crippen LogP contribution in [0, 0.1) is 0 Å². The fourth-order valence-electron chi connectivity index (χ4n) is 1.41. The van der Waals surface area contributed by atoms with Crippen molar-refractivity contribution in [2.24, 2.45) is 0 Å². The van der Waals surface area contributed by atoms with Crippen molar-refractivity contribution >= 4 is 0 Å². The van der Waals surface area contributed by atoms with Gasteiger partial charge < -0.3 is 10.1 Å². The van der Waals surface area contributed by atoms with Gasteiger partial charge in [0.2, 0.25) is 0 Å². The van der Waals surface area contributed by atoms with Crippen molar-refractivity contribution in [2.75, 3.05) is 33.9 Å². The summed E-state index contributed by atoms with van der Waals surface area (Å²) in [6.45, 7) is 9.56. The molecule has 0 aliphatic rings. The molecule has 0 aromatic carbocycles. The lowest BCUT2D eigenvalue weighted by atomic mass is 10.2. The van der Waals surface area contributed by atoms with E-state index in [1.807, 2.05) is 7.05 Å². The summed E-state index contributed by atoms with van der Waals surface area (Å²) in [6.07, 6.45) is 0. The molecule has 0 aromatic rings. The monoisotopic (exact) mass is 188 g/mol. The van der Waals surface area contributed by atoms with E-state index in [-0.39, 0.29) is 0 Å². The molecule has 0 aliphatic carbocycles. The summed E-state index contributed by atoms with van der Waals surface area (Å²) in [7, 11) is 3.76. The maximum absolute atomic E-state index is 5.14. The molecular weight excluding hydrogens is 164 g/mol. The highest BCUT2D eigenvalue weighted by Crippen LogP contribution is 2.00. The van der Waals surface area contributed by atoms with E-state index in [1.54, 1.807) is 7.11 Å². The third-order valence-electron chi connectivity index (χ3n) is 2.44. The quantitative estimate of drug-likeness (QED) is 0.644. The maximum atomic E-state index is 5.14. The van der Waals surface area contributed by atoms with E-state index in [0.29, 0.717) is 12.1 Å². The molecule has 0 bridgehead atoms. The van der Waals surface area contributed by atoms with Gasteiger partial charge >= 0.3 is 0 Å². The molecule has 0 aliphatic heterocycles. The first-order valence-corrected chi connectivity index (χ1v) is 5.05. The number of ether oxygens (including phenoxy) is 1. The lowest BCUT2D eigenvalue weighted by molar-refractivity contribution is 0.0976. The zero-order valence-electron chi connectivity index (χ0n) is 9.63. The smallest absolute Gasteiger partial charge is 0.0615 e. The molecule has 2 unspecified atom stereocenters. The Hall–Kier alpha value is -0.120. The SMILES string of the molecule is CCN(CC(C)NC)C(C)COC. The van der Waals surface area contributed by atoms with E-state index in [9.17, 15) is 0 Å². The van der Waals surface area contributed by atoms with Crippen LogP contribution in [0.15, 0.2) is 0 Å². The first-order chi connectivity index (χ1) is 6.15. The number of methoxy groups -OCH3 is 1. The Morgan fingerprint density at radius 2 is 2.00 bits per heavy atom. The molecule has 0 heterocycles. The molecule has 0 fully saturated rings. The Balaban J connectivity index is 3.86. The van der Waals surface area contributed by atoms with Crippen molar-refractivity contribution in [2.45, 2.75) is 32.9 Å². The summed E-state index contributed by atoms with van der Waals surface area (Å²) >= 11 is 0. The lowest BCUT2D eigenvalue weighted by Crippen LogP contribution is -2.43. The normalized spacial score (nSPS) is 16.2. The molecule has 0 saturated carbocycles. The third-order valence-corrected chi connectivity index (χ3v) is 2.44. The summed E-state index contributed by atoms with van der Waals surface area (Å²) in [5.74, 6) is 0. The number of hydrogen-bond donors (Lipinski definition) is 1. The second kappa shape index (κ2) is 7.30. The largest absolute Gasteiger partial charge is 0.383 e. The van der Waals surface area contributed by atoms with Gasteiger partial charge in [0.1, 0.15) is 0 Å². The van der Waals surface area contributed by atoms with Crippen LogP contribution in [0.25, 0.3) is 0 Å². The van der Waals surface area contributed by atoms with Crippen LogP contribution < -0.4 is 5.32 Å². The second-order valence-corrected chi connectivity index (χ2v) is 3.58. The van der Waals surface area contributed by atoms with Crippen LogP contribution in [-0.4, -0.2) is 50.8 Å². The molecule has 0 radical (unpaired) electrons. The van der Waals surface area contributed by atoms with Crippen molar-refractivity contribution in [3.8, 4) is 0 Å². The summed E-state index contributed by atoms with van der Waals surface area (Å²) in [4.78, 5) is 2.42. The van der Waals surface area contributed by atoms with Crippen molar-refractivity contribution in [3.63, 3.8) is 0 Å². The Kier molecular flexibility index (Phi) is 7.23. The van der Waals surface area contributed by atoms with Crippen LogP contribution >= 0.6 is 0 Å². The number of nitrogens with one attached hydrogen (secondary N) is 1. The van der Waals surface area contributed by atoms with Gasteiger partial charge in [-0.3, -0.25) is 4.90 Å². The summed E-state index contributed by atoms with van der Waals surface area (Å²) in [5.41, 5.74) is 0. The summed E-state index contributed by atoms with van der Waals surface area (Å²) in [5, 5.41) is 3.24. The first-order valence-electron chi connectivity index (χ1n) is 5.05. The number of rotatable bonds is 7. The van der Waals surface area contributed by atoms with Crippen molar-refractivity contribution in [3.05, 3.63) is 0 Å². The average Bonchev–Trinajstić information content (AvgIpc) is 2.14. The molecule has 3 nitrogen and oxygen atoms in total. The zero-order chi connectivity index (χ0) is 10.3. The van der Waals surface area contributed by atoms with Crippen LogP contribution in [0.4, 0.5) is 0 Å². The number of hydrogen-bond acceptors (Lipinski definition) is 3. The minimum absolute atomic E-state index is 0.505. The zero-order valence-corrected chi connectivity index (χ0v) is 9.63.